The number of nitrogens with one attached hydrogen (secondary N) is 1. The highest BCUT2D eigenvalue weighted by Crippen LogP contribution is 1.70. The SMILES string of the molecule is CC/C=N\NCC(=O)OC. The summed E-state index contributed by atoms with van der Waals surface area (Å²) in [5.41, 5.74) is 2.53. The first-order chi connectivity index (χ1) is 4.81. The highest BCUT2D eigenvalue weighted by atomic mass is 16.5. The lowest BCUT2D eigenvalue weighted by molar-refractivity contribution is -0.139. The van der Waals surface area contributed by atoms with E-state index in [0.29, 0.717) is 0 Å². The summed E-state index contributed by atoms with van der Waals surface area (Å²) < 4.78 is 4.36. The second-order valence-corrected chi connectivity index (χ2v) is 1.63. The third-order valence-corrected chi connectivity index (χ3v) is 0.816. The summed E-state index contributed by atoms with van der Waals surface area (Å²) in [4.78, 5) is 10.4. The maximum absolute atomic E-state index is 10.4. The molecule has 0 aliphatic heterocycles. The second-order valence-electron chi connectivity index (χ2n) is 1.63. The van der Waals surface area contributed by atoms with Crippen molar-refractivity contribution in [3.8, 4) is 0 Å². The fraction of sp³-hybridized carbons (Fsp3) is 0.667. The van der Waals surface area contributed by atoms with Crippen LogP contribution in [-0.4, -0.2) is 25.8 Å². The van der Waals surface area contributed by atoms with Crippen molar-refractivity contribution in [2.45, 2.75) is 13.3 Å². The molecule has 0 unspecified atom stereocenters. The van der Waals surface area contributed by atoms with Crippen LogP contribution < -0.4 is 5.43 Å². The van der Waals surface area contributed by atoms with Gasteiger partial charge in [0, 0.05) is 6.21 Å². The predicted molar refractivity (Wildman–Crippen MR) is 38.8 cm³/mol. The normalized spacial score (nSPS) is 9.80. The van der Waals surface area contributed by atoms with E-state index in [4.69, 9.17) is 0 Å². The van der Waals surface area contributed by atoms with Gasteiger partial charge in [-0.25, -0.2) is 0 Å². The number of esters is 1. The fourth-order valence-electron chi connectivity index (χ4n) is 0.338. The summed E-state index contributed by atoms with van der Waals surface area (Å²) in [5.74, 6) is -0.312. The van der Waals surface area contributed by atoms with E-state index < -0.39 is 0 Å². The van der Waals surface area contributed by atoms with Crippen LogP contribution in [0.4, 0.5) is 0 Å². The molecule has 4 nitrogen and oxygen atoms in total. The molecule has 0 aromatic carbocycles. The van der Waals surface area contributed by atoms with Crippen LogP contribution in [0.3, 0.4) is 0 Å². The van der Waals surface area contributed by atoms with Crippen LogP contribution in [-0.2, 0) is 9.53 Å². The molecular formula is C6H12N2O2. The van der Waals surface area contributed by atoms with Crippen LogP contribution in [0.15, 0.2) is 5.10 Å². The molecular weight excluding hydrogens is 132 g/mol. The molecule has 0 amide bonds. The van der Waals surface area contributed by atoms with E-state index in [0.717, 1.165) is 6.42 Å². The zero-order valence-corrected chi connectivity index (χ0v) is 6.26. The maximum Gasteiger partial charge on any atom is 0.326 e. The number of hydrazone groups is 1. The molecule has 0 atom stereocenters. The fourth-order valence-corrected chi connectivity index (χ4v) is 0.338. The molecule has 0 aromatic rings. The van der Waals surface area contributed by atoms with E-state index in [1.54, 1.807) is 6.21 Å². The topological polar surface area (TPSA) is 50.7 Å². The quantitative estimate of drug-likeness (QED) is 0.347. The number of rotatable bonds is 4. The monoisotopic (exact) mass is 144 g/mol. The largest absolute Gasteiger partial charge is 0.468 e. The van der Waals surface area contributed by atoms with Gasteiger partial charge in [-0.15, -0.1) is 0 Å². The van der Waals surface area contributed by atoms with E-state index in [1.165, 1.54) is 7.11 Å². The molecule has 0 aromatic heterocycles. The second kappa shape index (κ2) is 6.07. The van der Waals surface area contributed by atoms with Crippen LogP contribution in [0, 0.1) is 0 Å². The Hall–Kier alpha value is -1.06. The van der Waals surface area contributed by atoms with Crippen LogP contribution in [0.2, 0.25) is 0 Å². The summed E-state index contributed by atoms with van der Waals surface area (Å²) in [6, 6.07) is 0. The van der Waals surface area contributed by atoms with Gasteiger partial charge >= 0.3 is 5.97 Å². The number of hydrogen-bond acceptors (Lipinski definition) is 4. The van der Waals surface area contributed by atoms with Gasteiger partial charge in [0.05, 0.1) is 7.11 Å². The Morgan fingerprint density at radius 3 is 3.00 bits per heavy atom. The number of carbonyl (C=O) groups is 1. The van der Waals surface area contributed by atoms with Gasteiger partial charge in [-0.05, 0) is 6.42 Å². The minimum Gasteiger partial charge on any atom is -0.468 e. The zero-order valence-electron chi connectivity index (χ0n) is 6.26. The first kappa shape index (κ1) is 8.94. The number of ether oxygens (including phenoxy) is 1. The third-order valence-electron chi connectivity index (χ3n) is 0.816. The lowest BCUT2D eigenvalue weighted by Gasteiger charge is -1.96. The Kier molecular flexibility index (Phi) is 5.42. The van der Waals surface area contributed by atoms with Gasteiger partial charge in [0.2, 0.25) is 0 Å². The third kappa shape index (κ3) is 5.08. The molecule has 0 saturated heterocycles. The molecule has 4 heteroatoms. The smallest absolute Gasteiger partial charge is 0.326 e. The molecule has 1 N–H and O–H groups in total. The molecule has 0 aliphatic rings. The Morgan fingerprint density at radius 2 is 2.50 bits per heavy atom. The molecule has 10 heavy (non-hydrogen) atoms. The number of carbonyl (C=O) groups excluding carboxylic acids is 1. The van der Waals surface area contributed by atoms with Crippen molar-refractivity contribution in [2.24, 2.45) is 5.10 Å². The molecule has 0 spiro atoms. The number of hydrogen-bond donors (Lipinski definition) is 1. The molecule has 0 bridgehead atoms. The van der Waals surface area contributed by atoms with Crippen molar-refractivity contribution in [1.82, 2.24) is 5.43 Å². The summed E-state index contributed by atoms with van der Waals surface area (Å²) in [5, 5.41) is 3.70. The molecule has 0 rings (SSSR count). The van der Waals surface area contributed by atoms with Gasteiger partial charge in [0.25, 0.3) is 0 Å². The molecule has 58 valence electrons. The summed E-state index contributed by atoms with van der Waals surface area (Å²) in [6.45, 7) is 2.09. The molecule has 0 fully saturated rings. The lowest BCUT2D eigenvalue weighted by atomic mass is 10.6. The van der Waals surface area contributed by atoms with Gasteiger partial charge in [-0.3, -0.25) is 10.2 Å². The molecule has 0 saturated carbocycles. The van der Waals surface area contributed by atoms with Gasteiger partial charge in [0.1, 0.15) is 6.54 Å². The molecule has 0 radical (unpaired) electrons. The summed E-state index contributed by atoms with van der Waals surface area (Å²) in [7, 11) is 1.34. The van der Waals surface area contributed by atoms with Crippen molar-refractivity contribution in [3.63, 3.8) is 0 Å². The lowest BCUT2D eigenvalue weighted by Crippen LogP contribution is -2.18. The van der Waals surface area contributed by atoms with Gasteiger partial charge in [-0.1, -0.05) is 6.92 Å². The standard InChI is InChI=1S/C6H12N2O2/c1-3-4-7-8-5-6(9)10-2/h4,8H,3,5H2,1-2H3/b7-4-. The first-order valence-corrected chi connectivity index (χ1v) is 3.12. The average molecular weight is 144 g/mol. The average Bonchev–Trinajstić information content (AvgIpc) is 1.98. The van der Waals surface area contributed by atoms with Crippen molar-refractivity contribution < 1.29 is 9.53 Å². The van der Waals surface area contributed by atoms with Gasteiger partial charge < -0.3 is 4.74 Å². The summed E-state index contributed by atoms with van der Waals surface area (Å²) >= 11 is 0. The minimum absolute atomic E-state index is 0.132. The van der Waals surface area contributed by atoms with E-state index >= 15 is 0 Å². The van der Waals surface area contributed by atoms with Crippen LogP contribution >= 0.6 is 0 Å². The van der Waals surface area contributed by atoms with E-state index in [1.807, 2.05) is 6.92 Å². The number of methoxy groups -OCH3 is 1. The van der Waals surface area contributed by atoms with Crippen molar-refractivity contribution in [3.05, 3.63) is 0 Å². The number of nitrogens with zero attached hydrogens (tertiary/aromatic N) is 1. The van der Waals surface area contributed by atoms with Crippen LogP contribution in [0.25, 0.3) is 0 Å². The first-order valence-electron chi connectivity index (χ1n) is 3.12. The van der Waals surface area contributed by atoms with Gasteiger partial charge in [0.15, 0.2) is 0 Å². The van der Waals surface area contributed by atoms with E-state index in [-0.39, 0.29) is 12.5 Å². The maximum atomic E-state index is 10.4. The Balaban J connectivity index is 3.19. The Morgan fingerprint density at radius 1 is 1.80 bits per heavy atom. The van der Waals surface area contributed by atoms with Crippen molar-refractivity contribution >= 4 is 12.2 Å². The highest BCUT2D eigenvalue weighted by molar-refractivity contribution is 5.71. The van der Waals surface area contributed by atoms with Gasteiger partial charge in [-0.2, -0.15) is 5.10 Å². The van der Waals surface area contributed by atoms with Crippen molar-refractivity contribution in [2.75, 3.05) is 13.7 Å². The predicted octanol–water partition coefficient (Wildman–Crippen LogP) is 0.145. The Bertz CT molecular complexity index is 123. The Labute approximate surface area is 60.3 Å². The van der Waals surface area contributed by atoms with E-state index in [9.17, 15) is 4.79 Å². The van der Waals surface area contributed by atoms with Crippen LogP contribution in [0.5, 0.6) is 0 Å². The highest BCUT2D eigenvalue weighted by Gasteiger charge is 1.94. The van der Waals surface area contributed by atoms with Crippen molar-refractivity contribution in [1.29, 1.82) is 0 Å². The van der Waals surface area contributed by atoms with E-state index in [2.05, 4.69) is 15.3 Å². The molecule has 0 aliphatic carbocycles. The van der Waals surface area contributed by atoms with Crippen LogP contribution in [0.1, 0.15) is 13.3 Å². The molecule has 0 heterocycles. The minimum atomic E-state index is -0.312. The summed E-state index contributed by atoms with van der Waals surface area (Å²) in [6.07, 6.45) is 2.54. The zero-order chi connectivity index (χ0) is 7.82.